The Morgan fingerprint density at radius 2 is 1.67 bits per heavy atom. The van der Waals surface area contributed by atoms with E-state index in [0.717, 1.165) is 54.8 Å². The molecule has 7 rings (SSSR count). The quantitative estimate of drug-likeness (QED) is 0.571. The molecule has 1 aliphatic heterocycles. The van der Waals surface area contributed by atoms with E-state index in [-0.39, 0.29) is 17.2 Å². The Bertz CT molecular complexity index is 973. The first-order valence-electron chi connectivity index (χ1n) is 11.5. The molecule has 5 fully saturated rings. The molecule has 30 heavy (non-hydrogen) atoms. The highest BCUT2D eigenvalue weighted by molar-refractivity contribution is 6.09. The molecule has 1 aromatic carbocycles. The number of aryl methyl sites for hydroxylation is 1. The molecule has 4 aliphatic carbocycles. The minimum Gasteiger partial charge on any atom is -0.336 e. The number of rotatable bonds is 4. The van der Waals surface area contributed by atoms with Crippen molar-refractivity contribution in [3.05, 3.63) is 42.4 Å². The summed E-state index contributed by atoms with van der Waals surface area (Å²) in [7, 11) is 1.85. The van der Waals surface area contributed by atoms with Gasteiger partial charge in [-0.25, -0.2) is 4.98 Å². The van der Waals surface area contributed by atoms with E-state index in [1.165, 1.54) is 19.3 Å². The predicted octanol–water partition coefficient (Wildman–Crippen LogP) is 4.09. The zero-order chi connectivity index (χ0) is 20.5. The molecule has 5 heteroatoms. The number of aromatic nitrogens is 2. The Labute approximate surface area is 177 Å². The summed E-state index contributed by atoms with van der Waals surface area (Å²) in [4.78, 5) is 33.6. The summed E-state index contributed by atoms with van der Waals surface area (Å²) < 4.78 is 1.78. The zero-order valence-corrected chi connectivity index (χ0v) is 17.6. The molecule has 5 aliphatic rings. The van der Waals surface area contributed by atoms with E-state index < -0.39 is 5.92 Å². The van der Waals surface area contributed by atoms with Crippen LogP contribution in [0.4, 0.5) is 0 Å². The van der Waals surface area contributed by atoms with Crippen LogP contribution in [-0.2, 0) is 11.8 Å². The third-order valence-corrected chi connectivity index (χ3v) is 8.27. The maximum absolute atomic E-state index is 13.5. The van der Waals surface area contributed by atoms with Crippen LogP contribution in [0.3, 0.4) is 0 Å². The van der Waals surface area contributed by atoms with Crippen molar-refractivity contribution in [1.82, 2.24) is 14.5 Å². The molecule has 0 radical (unpaired) electrons. The van der Waals surface area contributed by atoms with Crippen molar-refractivity contribution in [2.75, 3.05) is 6.54 Å². The molecule has 4 bridgehead atoms. The maximum Gasteiger partial charge on any atom is 0.234 e. The zero-order valence-electron chi connectivity index (χ0n) is 17.6. The summed E-state index contributed by atoms with van der Waals surface area (Å²) in [6.45, 7) is 0.733. The Kier molecular flexibility index (Phi) is 4.00. The van der Waals surface area contributed by atoms with E-state index in [4.69, 9.17) is 0 Å². The lowest BCUT2D eigenvalue weighted by Crippen LogP contribution is -2.60. The van der Waals surface area contributed by atoms with E-state index in [9.17, 15) is 9.59 Å². The van der Waals surface area contributed by atoms with Crippen molar-refractivity contribution < 1.29 is 9.59 Å². The van der Waals surface area contributed by atoms with E-state index in [1.807, 2.05) is 43.6 Å². The third-order valence-electron chi connectivity index (χ3n) is 8.27. The van der Waals surface area contributed by atoms with Crippen LogP contribution in [0.25, 0.3) is 11.3 Å². The molecule has 4 saturated carbocycles. The van der Waals surface area contributed by atoms with Gasteiger partial charge in [0.25, 0.3) is 0 Å². The Hall–Kier alpha value is -2.43. The molecule has 1 aromatic heterocycles. The van der Waals surface area contributed by atoms with Crippen LogP contribution >= 0.6 is 0 Å². The van der Waals surface area contributed by atoms with Crippen LogP contribution in [0.1, 0.15) is 55.6 Å². The van der Waals surface area contributed by atoms with Gasteiger partial charge >= 0.3 is 0 Å². The van der Waals surface area contributed by atoms with Gasteiger partial charge in [0.2, 0.25) is 11.7 Å². The molecule has 2 heterocycles. The van der Waals surface area contributed by atoms with Gasteiger partial charge in [-0.05, 0) is 62.7 Å². The molecule has 1 unspecified atom stereocenters. The standard InChI is InChI=1S/C25H29N3O2/c1-27-15-21(19-5-3-2-4-6-19)26-23(27)22(29)20-7-8-28(24(20)30)25-12-16-9-17(13-25)11-18(10-16)14-25/h2-6,15-18,20H,7-14H2,1H3. The molecule has 5 nitrogen and oxygen atoms in total. The lowest BCUT2D eigenvalue weighted by atomic mass is 9.52. The van der Waals surface area contributed by atoms with E-state index in [0.29, 0.717) is 12.2 Å². The lowest BCUT2D eigenvalue weighted by Gasteiger charge is -2.59. The molecule has 0 spiro atoms. The van der Waals surface area contributed by atoms with Gasteiger partial charge in [-0.3, -0.25) is 9.59 Å². The van der Waals surface area contributed by atoms with Gasteiger partial charge in [-0.15, -0.1) is 0 Å². The molecule has 2 aromatic rings. The van der Waals surface area contributed by atoms with Crippen LogP contribution in [0.2, 0.25) is 0 Å². The first-order chi connectivity index (χ1) is 14.5. The van der Waals surface area contributed by atoms with Crippen LogP contribution < -0.4 is 0 Å². The van der Waals surface area contributed by atoms with Gasteiger partial charge in [-0.2, -0.15) is 0 Å². The second kappa shape index (κ2) is 6.53. The average Bonchev–Trinajstić information content (AvgIpc) is 3.30. The Balaban J connectivity index is 1.25. The van der Waals surface area contributed by atoms with Crippen molar-refractivity contribution in [1.29, 1.82) is 0 Å². The fraction of sp³-hybridized carbons (Fsp3) is 0.560. The number of hydrogen-bond acceptors (Lipinski definition) is 3. The second-order valence-corrected chi connectivity index (χ2v) is 10.3. The molecular formula is C25H29N3O2. The van der Waals surface area contributed by atoms with E-state index in [1.54, 1.807) is 4.57 Å². The van der Waals surface area contributed by atoms with Gasteiger partial charge in [0, 0.05) is 30.9 Å². The number of likely N-dealkylation sites (tertiary alicyclic amines) is 1. The van der Waals surface area contributed by atoms with Crippen molar-refractivity contribution in [3.8, 4) is 11.3 Å². The van der Waals surface area contributed by atoms with Gasteiger partial charge in [0.05, 0.1) is 5.69 Å². The van der Waals surface area contributed by atoms with Crippen molar-refractivity contribution >= 4 is 11.7 Å². The first-order valence-corrected chi connectivity index (χ1v) is 11.5. The Morgan fingerprint density at radius 3 is 2.30 bits per heavy atom. The topological polar surface area (TPSA) is 55.2 Å². The smallest absolute Gasteiger partial charge is 0.234 e. The maximum atomic E-state index is 13.5. The number of ketones is 1. The van der Waals surface area contributed by atoms with Gasteiger partial charge < -0.3 is 9.47 Å². The number of imidazole rings is 1. The Morgan fingerprint density at radius 1 is 1.03 bits per heavy atom. The average molecular weight is 404 g/mol. The van der Waals surface area contributed by atoms with Gasteiger partial charge in [-0.1, -0.05) is 30.3 Å². The summed E-state index contributed by atoms with van der Waals surface area (Å²) in [6.07, 6.45) is 10.1. The van der Waals surface area contributed by atoms with Crippen LogP contribution in [0, 0.1) is 23.7 Å². The second-order valence-electron chi connectivity index (χ2n) is 10.3. The number of carbonyl (C=O) groups excluding carboxylic acids is 2. The highest BCUT2D eigenvalue weighted by Crippen LogP contribution is 2.58. The number of carbonyl (C=O) groups is 2. The number of benzene rings is 1. The molecule has 1 saturated heterocycles. The minimum atomic E-state index is -0.567. The highest BCUT2D eigenvalue weighted by atomic mass is 16.2. The SMILES string of the molecule is Cn1cc(-c2ccccc2)nc1C(=O)C1CCN(C23CC4CC(CC(C4)C2)C3)C1=O. The number of amides is 1. The number of Topliss-reactive ketones (excluding diaryl/α,β-unsaturated/α-hetero) is 1. The molecule has 1 amide bonds. The van der Waals surface area contributed by atoms with E-state index >= 15 is 0 Å². The van der Waals surface area contributed by atoms with Gasteiger partial charge in [0.15, 0.2) is 5.82 Å². The molecule has 0 N–H and O–H groups in total. The number of nitrogens with zero attached hydrogens (tertiary/aromatic N) is 3. The molecule has 156 valence electrons. The van der Waals surface area contributed by atoms with Gasteiger partial charge in [0.1, 0.15) is 5.92 Å². The van der Waals surface area contributed by atoms with Crippen molar-refractivity contribution in [3.63, 3.8) is 0 Å². The van der Waals surface area contributed by atoms with Crippen molar-refractivity contribution in [2.45, 2.75) is 50.5 Å². The molecule has 1 atom stereocenters. The summed E-state index contributed by atoms with van der Waals surface area (Å²) in [5.41, 5.74) is 1.81. The van der Waals surface area contributed by atoms with Crippen LogP contribution in [0.15, 0.2) is 36.5 Å². The fourth-order valence-electron chi connectivity index (χ4n) is 7.39. The largest absolute Gasteiger partial charge is 0.336 e. The third kappa shape index (κ3) is 2.70. The fourth-order valence-corrected chi connectivity index (χ4v) is 7.39. The summed E-state index contributed by atoms with van der Waals surface area (Å²) >= 11 is 0. The summed E-state index contributed by atoms with van der Waals surface area (Å²) in [5.74, 6) is 2.16. The van der Waals surface area contributed by atoms with Crippen molar-refractivity contribution in [2.24, 2.45) is 30.7 Å². The first kappa shape index (κ1) is 18.3. The lowest BCUT2D eigenvalue weighted by molar-refractivity contribution is -0.146. The molecular weight excluding hydrogens is 374 g/mol. The number of hydrogen-bond donors (Lipinski definition) is 0. The van der Waals surface area contributed by atoms with Crippen LogP contribution in [-0.4, -0.2) is 38.2 Å². The normalized spacial score (nSPS) is 34.7. The predicted molar refractivity (Wildman–Crippen MR) is 114 cm³/mol. The van der Waals surface area contributed by atoms with E-state index in [2.05, 4.69) is 9.88 Å². The minimum absolute atomic E-state index is 0.0394. The highest BCUT2D eigenvalue weighted by Gasteiger charge is 2.57. The van der Waals surface area contributed by atoms with Crippen LogP contribution in [0.5, 0.6) is 0 Å². The monoisotopic (exact) mass is 403 g/mol. The summed E-state index contributed by atoms with van der Waals surface area (Å²) in [5, 5.41) is 0. The summed E-state index contributed by atoms with van der Waals surface area (Å²) in [6, 6.07) is 9.89.